The van der Waals surface area contributed by atoms with Gasteiger partial charge in [-0.3, -0.25) is 0 Å². The van der Waals surface area contributed by atoms with Crippen LogP contribution in [0.5, 0.6) is 0 Å². The highest BCUT2D eigenvalue weighted by Crippen LogP contribution is 1.85. The van der Waals surface area contributed by atoms with Crippen molar-refractivity contribution >= 4 is 11.9 Å². The Morgan fingerprint density at radius 1 is 1.12 bits per heavy atom. The average Bonchev–Trinajstić information content (AvgIpc) is 2.34. The van der Waals surface area contributed by atoms with E-state index >= 15 is 0 Å². The lowest BCUT2D eigenvalue weighted by Gasteiger charge is -1.96. The fourth-order valence-electron chi connectivity index (χ4n) is 0.911. The van der Waals surface area contributed by atoms with Crippen molar-refractivity contribution in [1.82, 2.24) is 0 Å². The standard InChI is InChI=1S/C11H12NO4/c1-15-10(13)5-6-11(14)16-9-12-7-3-2-4-8-12/h2-8H,9H2,1H3/q+1. The van der Waals surface area contributed by atoms with Crippen molar-refractivity contribution in [1.29, 1.82) is 0 Å². The van der Waals surface area contributed by atoms with E-state index in [4.69, 9.17) is 4.74 Å². The van der Waals surface area contributed by atoms with E-state index in [1.165, 1.54) is 7.11 Å². The Morgan fingerprint density at radius 3 is 2.38 bits per heavy atom. The van der Waals surface area contributed by atoms with E-state index in [2.05, 4.69) is 4.74 Å². The molecule has 0 aromatic carbocycles. The Morgan fingerprint density at radius 2 is 1.75 bits per heavy atom. The summed E-state index contributed by atoms with van der Waals surface area (Å²) in [7, 11) is 1.23. The van der Waals surface area contributed by atoms with Crippen LogP contribution >= 0.6 is 0 Å². The second-order valence-corrected chi connectivity index (χ2v) is 2.84. The quantitative estimate of drug-likeness (QED) is 0.415. The molecule has 84 valence electrons. The van der Waals surface area contributed by atoms with Gasteiger partial charge in [-0.1, -0.05) is 6.07 Å². The summed E-state index contributed by atoms with van der Waals surface area (Å²) in [5, 5.41) is 0. The predicted molar refractivity (Wildman–Crippen MR) is 53.9 cm³/mol. The summed E-state index contributed by atoms with van der Waals surface area (Å²) in [6.07, 6.45) is 5.56. The first-order chi connectivity index (χ1) is 7.72. The van der Waals surface area contributed by atoms with Gasteiger partial charge in [0.1, 0.15) is 0 Å². The minimum Gasteiger partial charge on any atom is -0.466 e. The normalized spacial score (nSPS) is 10.1. The maximum Gasteiger partial charge on any atom is 0.335 e. The number of hydrogen-bond donors (Lipinski definition) is 0. The number of hydrogen-bond acceptors (Lipinski definition) is 4. The molecule has 1 aromatic heterocycles. The van der Waals surface area contributed by atoms with Gasteiger partial charge >= 0.3 is 11.9 Å². The number of carbonyl (C=O) groups is 2. The average molecular weight is 222 g/mol. The van der Waals surface area contributed by atoms with Crippen molar-refractivity contribution in [2.24, 2.45) is 0 Å². The zero-order valence-corrected chi connectivity index (χ0v) is 8.83. The zero-order valence-electron chi connectivity index (χ0n) is 8.83. The lowest BCUT2D eigenvalue weighted by molar-refractivity contribution is -0.727. The van der Waals surface area contributed by atoms with Crippen molar-refractivity contribution in [2.45, 2.75) is 6.73 Å². The van der Waals surface area contributed by atoms with E-state index in [0.717, 1.165) is 12.2 Å². The summed E-state index contributed by atoms with van der Waals surface area (Å²) in [6, 6.07) is 5.49. The molecule has 1 rings (SSSR count). The van der Waals surface area contributed by atoms with Crippen LogP contribution in [-0.2, 0) is 25.8 Å². The molecule has 0 unspecified atom stereocenters. The number of nitrogens with zero attached hydrogens (tertiary/aromatic N) is 1. The van der Waals surface area contributed by atoms with E-state index in [1.807, 2.05) is 18.2 Å². The van der Waals surface area contributed by atoms with Crippen molar-refractivity contribution in [3.8, 4) is 0 Å². The third kappa shape index (κ3) is 4.36. The minimum atomic E-state index is -0.596. The smallest absolute Gasteiger partial charge is 0.335 e. The van der Waals surface area contributed by atoms with Crippen LogP contribution in [0.2, 0.25) is 0 Å². The van der Waals surface area contributed by atoms with Crippen molar-refractivity contribution < 1.29 is 23.6 Å². The summed E-state index contributed by atoms with van der Waals surface area (Å²) >= 11 is 0. The monoisotopic (exact) mass is 222 g/mol. The largest absolute Gasteiger partial charge is 0.466 e. The van der Waals surface area contributed by atoms with Crippen molar-refractivity contribution in [3.63, 3.8) is 0 Å². The summed E-state index contributed by atoms with van der Waals surface area (Å²) in [4.78, 5) is 21.8. The molecule has 0 aliphatic rings. The Labute approximate surface area is 92.9 Å². The molecule has 0 fully saturated rings. The highest BCUT2D eigenvalue weighted by atomic mass is 16.5. The van der Waals surface area contributed by atoms with Gasteiger partial charge in [0.05, 0.1) is 7.11 Å². The molecule has 0 aliphatic heterocycles. The maximum absolute atomic E-state index is 11.1. The van der Waals surface area contributed by atoms with Crippen LogP contribution in [-0.4, -0.2) is 19.0 Å². The predicted octanol–water partition coefficient (Wildman–Crippen LogP) is 0.204. The molecule has 0 aliphatic carbocycles. The SMILES string of the molecule is COC(=O)C=CC(=O)OC[n+]1ccccc1. The summed E-state index contributed by atoms with van der Waals surface area (Å²) in [5.74, 6) is -1.19. The highest BCUT2D eigenvalue weighted by Gasteiger charge is 2.03. The number of pyridine rings is 1. The topological polar surface area (TPSA) is 56.5 Å². The Balaban J connectivity index is 2.36. The first kappa shape index (κ1) is 11.9. The Kier molecular flexibility index (Phi) is 4.72. The first-order valence-electron chi connectivity index (χ1n) is 4.59. The van der Waals surface area contributed by atoms with Gasteiger partial charge in [0, 0.05) is 24.3 Å². The van der Waals surface area contributed by atoms with Crippen LogP contribution < -0.4 is 4.57 Å². The van der Waals surface area contributed by atoms with Gasteiger partial charge in [0.25, 0.3) is 6.73 Å². The van der Waals surface area contributed by atoms with Gasteiger partial charge in [-0.2, -0.15) is 4.57 Å². The molecule has 1 heterocycles. The highest BCUT2D eigenvalue weighted by molar-refractivity contribution is 5.91. The molecular formula is C11H12NO4+. The lowest BCUT2D eigenvalue weighted by atomic mass is 10.5. The minimum absolute atomic E-state index is 0.102. The molecule has 1 aromatic rings. The molecule has 5 nitrogen and oxygen atoms in total. The molecule has 0 saturated heterocycles. The summed E-state index contributed by atoms with van der Waals surface area (Å²) in [6.45, 7) is 0.102. The van der Waals surface area contributed by atoms with Crippen LogP contribution in [0, 0.1) is 0 Å². The molecule has 0 radical (unpaired) electrons. The summed E-state index contributed by atoms with van der Waals surface area (Å²) in [5.41, 5.74) is 0. The number of methoxy groups -OCH3 is 1. The first-order valence-corrected chi connectivity index (χ1v) is 4.59. The molecule has 0 N–H and O–H groups in total. The van der Waals surface area contributed by atoms with Crippen LogP contribution in [0.4, 0.5) is 0 Å². The Bertz CT molecular complexity index is 386. The zero-order chi connectivity index (χ0) is 11.8. The molecule has 0 amide bonds. The molecular weight excluding hydrogens is 210 g/mol. The molecule has 0 saturated carbocycles. The molecule has 0 spiro atoms. The molecule has 16 heavy (non-hydrogen) atoms. The van der Waals surface area contributed by atoms with E-state index in [0.29, 0.717) is 0 Å². The number of ether oxygens (including phenoxy) is 2. The van der Waals surface area contributed by atoms with Crippen LogP contribution in [0.15, 0.2) is 42.7 Å². The number of rotatable bonds is 4. The number of carbonyl (C=O) groups excluding carboxylic acids is 2. The van der Waals surface area contributed by atoms with Gasteiger partial charge < -0.3 is 9.47 Å². The summed E-state index contributed by atoms with van der Waals surface area (Å²) < 4.78 is 10.9. The van der Waals surface area contributed by atoms with Gasteiger partial charge in [0.2, 0.25) is 0 Å². The molecule has 5 heteroatoms. The van der Waals surface area contributed by atoms with Gasteiger partial charge in [-0.05, 0) is 0 Å². The van der Waals surface area contributed by atoms with Crippen molar-refractivity contribution in [2.75, 3.05) is 7.11 Å². The third-order valence-corrected chi connectivity index (χ3v) is 1.69. The van der Waals surface area contributed by atoms with E-state index in [-0.39, 0.29) is 6.73 Å². The van der Waals surface area contributed by atoms with E-state index in [1.54, 1.807) is 17.0 Å². The van der Waals surface area contributed by atoms with Gasteiger partial charge in [-0.25, -0.2) is 9.59 Å². The second kappa shape index (κ2) is 6.34. The van der Waals surface area contributed by atoms with Crippen LogP contribution in [0.1, 0.15) is 0 Å². The fourth-order valence-corrected chi connectivity index (χ4v) is 0.911. The number of aromatic nitrogens is 1. The fraction of sp³-hybridized carbons (Fsp3) is 0.182. The van der Waals surface area contributed by atoms with Gasteiger partial charge in [0.15, 0.2) is 12.4 Å². The maximum atomic E-state index is 11.1. The Hall–Kier alpha value is -2.17. The van der Waals surface area contributed by atoms with Crippen LogP contribution in [0.3, 0.4) is 0 Å². The third-order valence-electron chi connectivity index (χ3n) is 1.69. The van der Waals surface area contributed by atoms with E-state index < -0.39 is 11.9 Å². The molecule has 0 atom stereocenters. The van der Waals surface area contributed by atoms with Crippen molar-refractivity contribution in [3.05, 3.63) is 42.7 Å². The van der Waals surface area contributed by atoms with Crippen LogP contribution in [0.25, 0.3) is 0 Å². The second-order valence-electron chi connectivity index (χ2n) is 2.84. The number of esters is 2. The lowest BCUT2D eigenvalue weighted by Crippen LogP contribution is -2.34. The molecule has 0 bridgehead atoms. The van der Waals surface area contributed by atoms with Gasteiger partial charge in [-0.15, -0.1) is 0 Å². The van der Waals surface area contributed by atoms with E-state index in [9.17, 15) is 9.59 Å².